The van der Waals surface area contributed by atoms with Crippen LogP contribution in [0.4, 0.5) is 0 Å². The summed E-state index contributed by atoms with van der Waals surface area (Å²) in [6, 6.07) is 7.46. The molecular weight excluding hydrogens is 310 g/mol. The van der Waals surface area contributed by atoms with E-state index >= 15 is 0 Å². The van der Waals surface area contributed by atoms with Crippen molar-refractivity contribution in [3.63, 3.8) is 0 Å². The maximum atomic E-state index is 11.7. The number of benzene rings is 1. The van der Waals surface area contributed by atoms with Gasteiger partial charge in [0.15, 0.2) is 12.7 Å². The molecule has 1 aromatic rings. The van der Waals surface area contributed by atoms with Crippen LogP contribution < -0.4 is 10.1 Å². The molecular formula is C18H25NO5. The van der Waals surface area contributed by atoms with Gasteiger partial charge < -0.3 is 19.5 Å². The first-order valence-electron chi connectivity index (χ1n) is 7.83. The SMILES string of the molecule is C=CCOC(C)C(=O)OCC(=O)NCc1cccc(OC(C)C)c1. The first kappa shape index (κ1) is 19.7. The Morgan fingerprint density at radius 2 is 2.04 bits per heavy atom. The quantitative estimate of drug-likeness (QED) is 0.524. The molecule has 0 aromatic heterocycles. The summed E-state index contributed by atoms with van der Waals surface area (Å²) in [5, 5.41) is 2.69. The summed E-state index contributed by atoms with van der Waals surface area (Å²) in [5.41, 5.74) is 0.899. The van der Waals surface area contributed by atoms with Gasteiger partial charge in [-0.05, 0) is 38.5 Å². The van der Waals surface area contributed by atoms with Gasteiger partial charge in [-0.3, -0.25) is 4.79 Å². The minimum atomic E-state index is -0.735. The van der Waals surface area contributed by atoms with Crippen LogP contribution >= 0.6 is 0 Å². The molecule has 6 heteroatoms. The Balaban J connectivity index is 2.36. The van der Waals surface area contributed by atoms with Gasteiger partial charge in [-0.1, -0.05) is 18.2 Å². The third kappa shape index (κ3) is 7.78. The van der Waals surface area contributed by atoms with Gasteiger partial charge in [0.2, 0.25) is 0 Å². The first-order chi connectivity index (χ1) is 11.4. The number of carbonyl (C=O) groups excluding carboxylic acids is 2. The average Bonchev–Trinajstić information content (AvgIpc) is 2.55. The van der Waals surface area contributed by atoms with E-state index in [1.54, 1.807) is 6.92 Å². The fraction of sp³-hybridized carbons (Fsp3) is 0.444. The molecule has 1 rings (SSSR count). The summed E-state index contributed by atoms with van der Waals surface area (Å²) >= 11 is 0. The number of rotatable bonds is 10. The Morgan fingerprint density at radius 1 is 1.29 bits per heavy atom. The van der Waals surface area contributed by atoms with Crippen molar-refractivity contribution in [2.75, 3.05) is 13.2 Å². The van der Waals surface area contributed by atoms with E-state index in [1.165, 1.54) is 6.08 Å². The second-order valence-corrected chi connectivity index (χ2v) is 5.46. The minimum Gasteiger partial charge on any atom is -0.491 e. The van der Waals surface area contributed by atoms with Crippen LogP contribution in [-0.2, 0) is 25.6 Å². The molecule has 1 atom stereocenters. The first-order valence-corrected chi connectivity index (χ1v) is 7.83. The van der Waals surface area contributed by atoms with Crippen LogP contribution in [0.1, 0.15) is 26.3 Å². The molecule has 0 radical (unpaired) electrons. The van der Waals surface area contributed by atoms with E-state index in [0.717, 1.165) is 11.3 Å². The predicted octanol–water partition coefficient (Wildman–Crippen LogP) is 2.22. The van der Waals surface area contributed by atoms with Crippen molar-refractivity contribution in [1.82, 2.24) is 5.32 Å². The Bertz CT molecular complexity index is 556. The maximum Gasteiger partial charge on any atom is 0.335 e. The van der Waals surface area contributed by atoms with Crippen molar-refractivity contribution in [3.8, 4) is 5.75 Å². The molecule has 0 aliphatic carbocycles. The minimum absolute atomic E-state index is 0.0829. The van der Waals surface area contributed by atoms with Crippen molar-refractivity contribution in [2.24, 2.45) is 0 Å². The van der Waals surface area contributed by atoms with Crippen molar-refractivity contribution < 1.29 is 23.8 Å². The Morgan fingerprint density at radius 3 is 2.71 bits per heavy atom. The number of carbonyl (C=O) groups is 2. The third-order valence-electron chi connectivity index (χ3n) is 2.90. The van der Waals surface area contributed by atoms with Crippen LogP contribution in [0.2, 0.25) is 0 Å². The summed E-state index contributed by atoms with van der Waals surface area (Å²) in [6.07, 6.45) is 0.883. The lowest BCUT2D eigenvalue weighted by Crippen LogP contribution is -2.31. The molecule has 1 amide bonds. The number of ether oxygens (including phenoxy) is 3. The summed E-state index contributed by atoms with van der Waals surface area (Å²) < 4.78 is 15.6. The molecule has 0 saturated heterocycles. The molecule has 0 heterocycles. The van der Waals surface area contributed by atoms with Gasteiger partial charge in [0.25, 0.3) is 5.91 Å². The largest absolute Gasteiger partial charge is 0.491 e. The highest BCUT2D eigenvalue weighted by Gasteiger charge is 2.15. The molecule has 0 spiro atoms. The smallest absolute Gasteiger partial charge is 0.335 e. The van der Waals surface area contributed by atoms with Crippen LogP contribution in [0, 0.1) is 0 Å². The fourth-order valence-corrected chi connectivity index (χ4v) is 1.79. The average molecular weight is 335 g/mol. The van der Waals surface area contributed by atoms with Crippen LogP contribution in [0.25, 0.3) is 0 Å². The van der Waals surface area contributed by atoms with E-state index in [2.05, 4.69) is 11.9 Å². The number of hydrogen-bond acceptors (Lipinski definition) is 5. The van der Waals surface area contributed by atoms with Crippen molar-refractivity contribution >= 4 is 11.9 Å². The second kappa shape index (κ2) is 10.4. The van der Waals surface area contributed by atoms with Gasteiger partial charge in [0.05, 0.1) is 12.7 Å². The van der Waals surface area contributed by atoms with Crippen LogP contribution in [-0.4, -0.2) is 37.3 Å². The topological polar surface area (TPSA) is 73.9 Å². The summed E-state index contributed by atoms with van der Waals surface area (Å²) in [6.45, 7) is 9.17. The summed E-state index contributed by atoms with van der Waals surface area (Å²) in [7, 11) is 0. The van der Waals surface area contributed by atoms with E-state index in [0.29, 0.717) is 6.54 Å². The molecule has 0 aliphatic heterocycles. The van der Waals surface area contributed by atoms with Gasteiger partial charge in [-0.2, -0.15) is 0 Å². The predicted molar refractivity (Wildman–Crippen MR) is 90.6 cm³/mol. The van der Waals surface area contributed by atoms with Gasteiger partial charge in [-0.25, -0.2) is 4.79 Å². The molecule has 1 aromatic carbocycles. The monoisotopic (exact) mass is 335 g/mol. The van der Waals surface area contributed by atoms with E-state index in [-0.39, 0.29) is 25.2 Å². The van der Waals surface area contributed by atoms with Crippen molar-refractivity contribution in [3.05, 3.63) is 42.5 Å². The van der Waals surface area contributed by atoms with Gasteiger partial charge >= 0.3 is 5.97 Å². The summed E-state index contributed by atoms with van der Waals surface area (Å²) in [4.78, 5) is 23.3. The zero-order chi connectivity index (χ0) is 17.9. The Labute approximate surface area is 142 Å². The highest BCUT2D eigenvalue weighted by atomic mass is 16.6. The Hall–Kier alpha value is -2.34. The highest BCUT2D eigenvalue weighted by Crippen LogP contribution is 2.14. The van der Waals surface area contributed by atoms with Crippen LogP contribution in [0.3, 0.4) is 0 Å². The molecule has 24 heavy (non-hydrogen) atoms. The maximum absolute atomic E-state index is 11.7. The normalized spacial score (nSPS) is 11.7. The lowest BCUT2D eigenvalue weighted by molar-refractivity contribution is -0.158. The lowest BCUT2D eigenvalue weighted by Gasteiger charge is -2.12. The molecule has 0 bridgehead atoms. The zero-order valence-electron chi connectivity index (χ0n) is 14.4. The number of hydrogen-bond donors (Lipinski definition) is 1. The van der Waals surface area contributed by atoms with E-state index in [1.807, 2.05) is 38.1 Å². The van der Waals surface area contributed by atoms with Gasteiger partial charge in [0, 0.05) is 6.54 Å². The number of esters is 1. The highest BCUT2D eigenvalue weighted by molar-refractivity contribution is 5.81. The van der Waals surface area contributed by atoms with E-state index in [9.17, 15) is 9.59 Å². The molecule has 1 unspecified atom stereocenters. The second-order valence-electron chi connectivity index (χ2n) is 5.46. The summed E-state index contributed by atoms with van der Waals surface area (Å²) in [5.74, 6) is -0.217. The molecule has 0 aliphatic rings. The van der Waals surface area contributed by atoms with Gasteiger partial charge in [-0.15, -0.1) is 6.58 Å². The standard InChI is InChI=1S/C18H25NO5/c1-5-9-22-14(4)18(21)23-12-17(20)19-11-15-7-6-8-16(10-15)24-13(2)3/h5-8,10,13-14H,1,9,11-12H2,2-4H3,(H,19,20). The number of amides is 1. The molecule has 132 valence electrons. The number of nitrogens with one attached hydrogen (secondary N) is 1. The Kier molecular flexibility index (Phi) is 8.57. The van der Waals surface area contributed by atoms with Crippen molar-refractivity contribution in [1.29, 1.82) is 0 Å². The third-order valence-corrected chi connectivity index (χ3v) is 2.90. The van der Waals surface area contributed by atoms with E-state index < -0.39 is 12.1 Å². The van der Waals surface area contributed by atoms with Crippen LogP contribution in [0.15, 0.2) is 36.9 Å². The zero-order valence-corrected chi connectivity index (χ0v) is 14.4. The molecule has 0 fully saturated rings. The lowest BCUT2D eigenvalue weighted by atomic mass is 10.2. The van der Waals surface area contributed by atoms with Crippen molar-refractivity contribution in [2.45, 2.75) is 39.5 Å². The molecule has 6 nitrogen and oxygen atoms in total. The van der Waals surface area contributed by atoms with Crippen LogP contribution in [0.5, 0.6) is 5.75 Å². The van der Waals surface area contributed by atoms with E-state index in [4.69, 9.17) is 14.2 Å². The molecule has 1 N–H and O–H groups in total. The molecule has 0 saturated carbocycles. The van der Waals surface area contributed by atoms with Gasteiger partial charge in [0.1, 0.15) is 5.75 Å². The fourth-order valence-electron chi connectivity index (χ4n) is 1.79.